The number of rotatable bonds is 3. The molecule has 0 saturated heterocycles. The first kappa shape index (κ1) is 12.7. The van der Waals surface area contributed by atoms with Gasteiger partial charge in [-0.05, 0) is 45.8 Å². The molecule has 0 aliphatic rings. The van der Waals surface area contributed by atoms with Crippen molar-refractivity contribution in [2.75, 3.05) is 6.54 Å². The smallest absolute Gasteiger partial charge is 0.159 e. The third-order valence-electron chi connectivity index (χ3n) is 2.52. The summed E-state index contributed by atoms with van der Waals surface area (Å²) in [7, 11) is 0. The summed E-state index contributed by atoms with van der Waals surface area (Å²) >= 11 is 4.92. The van der Waals surface area contributed by atoms with E-state index in [1.165, 1.54) is 6.07 Å². The summed E-state index contributed by atoms with van der Waals surface area (Å²) < 4.78 is 27.0. The van der Waals surface area contributed by atoms with E-state index in [-0.39, 0.29) is 5.92 Å². The molecule has 17 heavy (non-hydrogen) atoms. The molecule has 1 aromatic carbocycles. The van der Waals surface area contributed by atoms with Crippen molar-refractivity contribution in [3.05, 3.63) is 56.2 Å². The van der Waals surface area contributed by atoms with Gasteiger partial charge < -0.3 is 5.73 Å². The largest absolute Gasteiger partial charge is 0.329 e. The highest BCUT2D eigenvalue weighted by molar-refractivity contribution is 9.11. The molecule has 0 aliphatic carbocycles. The highest BCUT2D eigenvalue weighted by Crippen LogP contribution is 2.32. The number of benzene rings is 1. The molecular formula is C12H10BrF2NS. The summed E-state index contributed by atoms with van der Waals surface area (Å²) in [5, 5.41) is 0. The number of thiophene rings is 1. The lowest BCUT2D eigenvalue weighted by atomic mass is 9.97. The van der Waals surface area contributed by atoms with Gasteiger partial charge in [-0.15, -0.1) is 11.3 Å². The molecule has 1 nitrogen and oxygen atoms in total. The Bertz CT molecular complexity index is 527. The first-order valence-electron chi connectivity index (χ1n) is 5.02. The van der Waals surface area contributed by atoms with Crippen molar-refractivity contribution in [1.29, 1.82) is 0 Å². The van der Waals surface area contributed by atoms with Crippen LogP contribution in [-0.2, 0) is 0 Å². The van der Waals surface area contributed by atoms with E-state index >= 15 is 0 Å². The Morgan fingerprint density at radius 1 is 1.18 bits per heavy atom. The van der Waals surface area contributed by atoms with E-state index in [4.69, 9.17) is 5.73 Å². The van der Waals surface area contributed by atoms with Crippen LogP contribution in [0.15, 0.2) is 34.1 Å². The van der Waals surface area contributed by atoms with E-state index in [2.05, 4.69) is 15.9 Å². The molecule has 1 heterocycles. The SMILES string of the molecule is NCC(c1ccc(F)c(F)c1)c1ccc(Br)s1. The average Bonchev–Trinajstić information content (AvgIpc) is 2.71. The highest BCUT2D eigenvalue weighted by atomic mass is 79.9. The van der Waals surface area contributed by atoms with Gasteiger partial charge in [-0.25, -0.2) is 8.78 Å². The lowest BCUT2D eigenvalue weighted by molar-refractivity contribution is 0.506. The van der Waals surface area contributed by atoms with Crippen molar-refractivity contribution in [2.24, 2.45) is 5.73 Å². The van der Waals surface area contributed by atoms with Crippen LogP contribution >= 0.6 is 27.3 Å². The Kier molecular flexibility index (Phi) is 3.91. The van der Waals surface area contributed by atoms with Crippen molar-refractivity contribution in [2.45, 2.75) is 5.92 Å². The second-order valence-corrected chi connectivity index (χ2v) is 6.10. The van der Waals surface area contributed by atoms with Crippen LogP contribution in [0.3, 0.4) is 0 Å². The van der Waals surface area contributed by atoms with Crippen LogP contribution in [0, 0.1) is 11.6 Å². The maximum absolute atomic E-state index is 13.2. The Morgan fingerprint density at radius 3 is 2.47 bits per heavy atom. The molecule has 1 aromatic heterocycles. The summed E-state index contributed by atoms with van der Waals surface area (Å²) in [6, 6.07) is 7.77. The molecule has 0 fully saturated rings. The number of nitrogens with two attached hydrogens (primary N) is 1. The quantitative estimate of drug-likeness (QED) is 0.913. The zero-order valence-corrected chi connectivity index (χ0v) is 11.2. The van der Waals surface area contributed by atoms with Crippen LogP contribution in [0.25, 0.3) is 0 Å². The van der Waals surface area contributed by atoms with Crippen molar-refractivity contribution in [3.8, 4) is 0 Å². The van der Waals surface area contributed by atoms with Gasteiger partial charge in [-0.3, -0.25) is 0 Å². The molecule has 2 rings (SSSR count). The maximum atomic E-state index is 13.2. The lowest BCUT2D eigenvalue weighted by Crippen LogP contribution is -2.13. The Labute approximate surface area is 110 Å². The first-order valence-corrected chi connectivity index (χ1v) is 6.63. The molecule has 0 spiro atoms. The number of hydrogen-bond acceptors (Lipinski definition) is 2. The van der Waals surface area contributed by atoms with Gasteiger partial charge in [0.25, 0.3) is 0 Å². The third kappa shape index (κ3) is 2.73. The molecule has 2 N–H and O–H groups in total. The minimum absolute atomic E-state index is 0.0959. The summed E-state index contributed by atoms with van der Waals surface area (Å²) in [6.07, 6.45) is 0. The van der Waals surface area contributed by atoms with E-state index in [9.17, 15) is 8.78 Å². The zero-order valence-electron chi connectivity index (χ0n) is 8.79. The van der Waals surface area contributed by atoms with Crippen LogP contribution in [0.2, 0.25) is 0 Å². The molecule has 2 aromatic rings. The summed E-state index contributed by atoms with van der Waals surface area (Å²) in [5.74, 6) is -1.77. The number of hydrogen-bond donors (Lipinski definition) is 1. The van der Waals surface area contributed by atoms with Crippen molar-refractivity contribution >= 4 is 27.3 Å². The predicted molar refractivity (Wildman–Crippen MR) is 69.3 cm³/mol. The van der Waals surface area contributed by atoms with Gasteiger partial charge in [-0.1, -0.05) is 6.07 Å². The van der Waals surface area contributed by atoms with Gasteiger partial charge in [0.2, 0.25) is 0 Å². The van der Waals surface area contributed by atoms with Gasteiger partial charge >= 0.3 is 0 Å². The monoisotopic (exact) mass is 317 g/mol. The molecule has 0 aliphatic heterocycles. The van der Waals surface area contributed by atoms with Crippen LogP contribution in [0.1, 0.15) is 16.4 Å². The van der Waals surface area contributed by atoms with Crippen LogP contribution in [-0.4, -0.2) is 6.54 Å². The van der Waals surface area contributed by atoms with E-state index in [1.54, 1.807) is 17.4 Å². The minimum atomic E-state index is -0.837. The molecule has 5 heteroatoms. The second-order valence-electron chi connectivity index (χ2n) is 3.60. The fourth-order valence-corrected chi connectivity index (χ4v) is 3.23. The second kappa shape index (κ2) is 5.25. The van der Waals surface area contributed by atoms with Gasteiger partial charge in [0.05, 0.1) is 3.79 Å². The maximum Gasteiger partial charge on any atom is 0.159 e. The average molecular weight is 318 g/mol. The Hall–Kier alpha value is -0.780. The molecular weight excluding hydrogens is 308 g/mol. The Balaban J connectivity index is 2.38. The van der Waals surface area contributed by atoms with Crippen LogP contribution in [0.5, 0.6) is 0 Å². The Morgan fingerprint density at radius 2 is 1.94 bits per heavy atom. The van der Waals surface area contributed by atoms with Crippen LogP contribution in [0.4, 0.5) is 8.78 Å². The third-order valence-corrected chi connectivity index (χ3v) is 4.26. The van der Waals surface area contributed by atoms with Gasteiger partial charge in [-0.2, -0.15) is 0 Å². The van der Waals surface area contributed by atoms with Gasteiger partial charge in [0.1, 0.15) is 0 Å². The van der Waals surface area contributed by atoms with Gasteiger partial charge in [0, 0.05) is 17.3 Å². The fourth-order valence-electron chi connectivity index (χ4n) is 1.66. The lowest BCUT2D eigenvalue weighted by Gasteiger charge is -2.13. The van der Waals surface area contributed by atoms with Crippen molar-refractivity contribution in [1.82, 2.24) is 0 Å². The van der Waals surface area contributed by atoms with Crippen molar-refractivity contribution in [3.63, 3.8) is 0 Å². The standard InChI is InChI=1S/C12H10BrF2NS/c13-12-4-3-11(17-12)8(6-16)7-1-2-9(14)10(15)5-7/h1-5,8H,6,16H2. The molecule has 0 radical (unpaired) electrons. The van der Waals surface area contributed by atoms with Crippen molar-refractivity contribution < 1.29 is 8.78 Å². The normalized spacial score (nSPS) is 12.7. The first-order chi connectivity index (χ1) is 8.11. The van der Waals surface area contributed by atoms with Gasteiger partial charge in [0.15, 0.2) is 11.6 Å². The summed E-state index contributed by atoms with van der Waals surface area (Å²) in [6.45, 7) is 0.359. The van der Waals surface area contributed by atoms with Crippen LogP contribution < -0.4 is 5.73 Å². The summed E-state index contributed by atoms with van der Waals surface area (Å²) in [5.41, 5.74) is 6.40. The molecule has 0 saturated carbocycles. The minimum Gasteiger partial charge on any atom is -0.329 e. The van der Waals surface area contributed by atoms with E-state index in [1.807, 2.05) is 12.1 Å². The molecule has 90 valence electrons. The molecule has 0 amide bonds. The molecule has 0 bridgehead atoms. The summed E-state index contributed by atoms with van der Waals surface area (Å²) in [4.78, 5) is 1.03. The predicted octanol–water partition coefficient (Wildman–Crippen LogP) is 3.88. The van der Waals surface area contributed by atoms with E-state index in [0.29, 0.717) is 12.1 Å². The van der Waals surface area contributed by atoms with E-state index in [0.717, 1.165) is 14.7 Å². The van der Waals surface area contributed by atoms with E-state index < -0.39 is 11.6 Å². The number of halogens is 3. The highest BCUT2D eigenvalue weighted by Gasteiger charge is 2.16. The fraction of sp³-hybridized carbons (Fsp3) is 0.167. The molecule has 1 atom stereocenters. The zero-order chi connectivity index (χ0) is 12.4. The topological polar surface area (TPSA) is 26.0 Å². The molecule has 1 unspecified atom stereocenters.